The molecule has 0 aromatic carbocycles. The SMILES string of the molecule is C=CCOC(O)CC.C=CCOCC(O)CO.C=CCOCC=C.C=CCOCC=C.C=CCOCCO.C=CCOCCOC(C)O.CCC(CO)(CO)CO. The molecule has 0 saturated heterocycles. The molecule has 0 aromatic rings. The third kappa shape index (κ3) is 82.3. The molecule has 0 aromatic heterocycles. The van der Waals surface area contributed by atoms with Crippen molar-refractivity contribution in [1.82, 2.24) is 0 Å². The van der Waals surface area contributed by atoms with Crippen LogP contribution in [0, 0.1) is 5.41 Å². The Hall–Kier alpha value is -2.68. The second-order valence-corrected chi connectivity index (χ2v) is 10.6. The summed E-state index contributed by atoms with van der Waals surface area (Å²) >= 11 is 0. The summed E-state index contributed by atoms with van der Waals surface area (Å²) in [7, 11) is 0. The summed E-state index contributed by atoms with van der Waals surface area (Å²) in [6, 6.07) is 0. The summed E-state index contributed by atoms with van der Waals surface area (Å²) in [5.41, 5.74) is -0.667. The van der Waals surface area contributed by atoms with Gasteiger partial charge in [-0.2, -0.15) is 0 Å². The van der Waals surface area contributed by atoms with Crippen molar-refractivity contribution in [3.63, 3.8) is 0 Å². The van der Waals surface area contributed by atoms with Crippen LogP contribution in [0.5, 0.6) is 0 Å². The Labute approximate surface area is 344 Å². The maximum atomic E-state index is 8.72. The molecule has 0 radical (unpaired) electrons. The van der Waals surface area contributed by atoms with Crippen molar-refractivity contribution in [2.75, 3.05) is 112 Å². The number of hydrogen-bond donors (Lipinski definition) is 8. The van der Waals surface area contributed by atoms with Crippen LogP contribution in [-0.2, 0) is 33.2 Å². The van der Waals surface area contributed by atoms with E-state index in [1.165, 1.54) is 0 Å². The zero-order valence-electron chi connectivity index (χ0n) is 35.4. The fourth-order valence-electron chi connectivity index (χ4n) is 2.27. The Bertz CT molecular complexity index is 755. The topological polar surface area (TPSA) is 226 Å². The number of rotatable bonds is 31. The molecule has 0 rings (SSSR count). The quantitative estimate of drug-likeness (QED) is 0.0285. The summed E-state index contributed by atoms with van der Waals surface area (Å²) < 4.78 is 33.9. The highest BCUT2D eigenvalue weighted by molar-refractivity contribution is 4.74. The van der Waals surface area contributed by atoms with Crippen LogP contribution in [0.1, 0.15) is 33.6 Å². The van der Waals surface area contributed by atoms with Crippen molar-refractivity contribution < 1.29 is 74.0 Å². The molecule has 15 heteroatoms. The molecule has 0 amide bonds. The lowest BCUT2D eigenvalue weighted by Crippen LogP contribution is -2.32. The molecule has 57 heavy (non-hydrogen) atoms. The normalized spacial score (nSPS) is 11.1. The smallest absolute Gasteiger partial charge is 0.154 e. The van der Waals surface area contributed by atoms with Gasteiger partial charge in [0.1, 0.15) is 6.10 Å². The van der Waals surface area contributed by atoms with Crippen LogP contribution < -0.4 is 0 Å². The van der Waals surface area contributed by atoms with Gasteiger partial charge in [0.2, 0.25) is 0 Å². The fourth-order valence-corrected chi connectivity index (χ4v) is 2.27. The molecular formula is C42H82O15. The van der Waals surface area contributed by atoms with Crippen molar-refractivity contribution in [1.29, 1.82) is 0 Å². The Morgan fingerprint density at radius 2 is 0.860 bits per heavy atom. The zero-order chi connectivity index (χ0) is 45.3. The minimum Gasteiger partial charge on any atom is -0.396 e. The first-order valence-corrected chi connectivity index (χ1v) is 18.5. The van der Waals surface area contributed by atoms with Crippen molar-refractivity contribution in [3.8, 4) is 0 Å². The van der Waals surface area contributed by atoms with Gasteiger partial charge in [0.25, 0.3) is 0 Å². The molecule has 0 heterocycles. The van der Waals surface area contributed by atoms with Crippen LogP contribution in [0.4, 0.5) is 0 Å². The Morgan fingerprint density at radius 3 is 1.14 bits per heavy atom. The highest BCUT2D eigenvalue weighted by Crippen LogP contribution is 2.18. The van der Waals surface area contributed by atoms with E-state index in [-0.39, 0.29) is 39.6 Å². The van der Waals surface area contributed by atoms with Gasteiger partial charge in [-0.25, -0.2) is 0 Å². The first kappa shape index (κ1) is 69.0. The van der Waals surface area contributed by atoms with Crippen LogP contribution in [0.25, 0.3) is 0 Å². The number of aliphatic hydroxyl groups excluding tert-OH is 8. The molecule has 340 valence electrons. The first-order valence-electron chi connectivity index (χ1n) is 18.5. The predicted octanol–water partition coefficient (Wildman–Crippen LogP) is 3.29. The highest BCUT2D eigenvalue weighted by Gasteiger charge is 2.24. The molecule has 8 N–H and O–H groups in total. The monoisotopic (exact) mass is 827 g/mol. The largest absolute Gasteiger partial charge is 0.396 e. The average Bonchev–Trinajstić information content (AvgIpc) is 3.23. The van der Waals surface area contributed by atoms with E-state index in [0.29, 0.717) is 85.5 Å². The summed E-state index contributed by atoms with van der Waals surface area (Å²) in [6.07, 6.45) is 12.5. The van der Waals surface area contributed by atoms with Crippen LogP contribution in [0.2, 0.25) is 0 Å². The van der Waals surface area contributed by atoms with Gasteiger partial charge < -0.3 is 74.0 Å². The van der Waals surface area contributed by atoms with Gasteiger partial charge in [-0.15, -0.1) is 52.6 Å². The number of aliphatic hydroxyl groups is 8. The molecule has 0 fully saturated rings. The molecule has 3 atom stereocenters. The predicted molar refractivity (Wildman–Crippen MR) is 230 cm³/mol. The van der Waals surface area contributed by atoms with E-state index >= 15 is 0 Å². The second-order valence-electron chi connectivity index (χ2n) is 10.6. The van der Waals surface area contributed by atoms with Crippen molar-refractivity contribution in [3.05, 3.63) is 101 Å². The van der Waals surface area contributed by atoms with E-state index in [2.05, 4.69) is 52.6 Å². The van der Waals surface area contributed by atoms with Gasteiger partial charge >= 0.3 is 0 Å². The molecule has 3 unspecified atom stereocenters. The Kier molecular flexibility index (Phi) is 82.3. The minimum atomic E-state index is -0.759. The van der Waals surface area contributed by atoms with Gasteiger partial charge in [-0.1, -0.05) is 62.5 Å². The number of ether oxygens (including phenoxy) is 7. The lowest BCUT2D eigenvalue weighted by Gasteiger charge is -2.24. The maximum absolute atomic E-state index is 8.72. The minimum absolute atomic E-state index is 0.0911. The summed E-state index contributed by atoms with van der Waals surface area (Å²) in [4.78, 5) is 0. The summed E-state index contributed by atoms with van der Waals surface area (Å²) in [6.45, 7) is 38.1. The van der Waals surface area contributed by atoms with Gasteiger partial charge in [0.05, 0.1) is 112 Å². The highest BCUT2D eigenvalue weighted by atomic mass is 16.6. The number of hydrogen-bond acceptors (Lipinski definition) is 15. The van der Waals surface area contributed by atoms with Gasteiger partial charge in [-0.3, -0.25) is 0 Å². The van der Waals surface area contributed by atoms with Crippen molar-refractivity contribution in [2.45, 2.75) is 52.3 Å². The van der Waals surface area contributed by atoms with Crippen LogP contribution >= 0.6 is 0 Å². The van der Waals surface area contributed by atoms with Crippen LogP contribution in [-0.4, -0.2) is 172 Å². The zero-order valence-corrected chi connectivity index (χ0v) is 35.4. The van der Waals surface area contributed by atoms with E-state index in [0.717, 1.165) is 0 Å². The third-order valence-electron chi connectivity index (χ3n) is 5.51. The average molecular weight is 827 g/mol. The van der Waals surface area contributed by atoms with E-state index < -0.39 is 24.1 Å². The van der Waals surface area contributed by atoms with E-state index in [9.17, 15) is 0 Å². The molecule has 0 aliphatic heterocycles. The molecule has 0 aliphatic rings. The van der Waals surface area contributed by atoms with Crippen molar-refractivity contribution >= 4 is 0 Å². The summed E-state index contributed by atoms with van der Waals surface area (Å²) in [5.74, 6) is 0. The molecule has 0 spiro atoms. The molecule has 0 bridgehead atoms. The van der Waals surface area contributed by atoms with E-state index in [1.54, 1.807) is 55.5 Å². The summed E-state index contributed by atoms with van der Waals surface area (Å²) in [5, 5.41) is 68.4. The second kappa shape index (κ2) is 68.0. The molecule has 0 aliphatic carbocycles. The van der Waals surface area contributed by atoms with Crippen LogP contribution in [0.15, 0.2) is 101 Å². The third-order valence-corrected chi connectivity index (χ3v) is 5.51. The van der Waals surface area contributed by atoms with E-state index in [1.807, 2.05) is 13.8 Å². The Morgan fingerprint density at radius 1 is 0.491 bits per heavy atom. The fraction of sp³-hybridized carbons (Fsp3) is 0.619. The van der Waals surface area contributed by atoms with E-state index in [4.69, 9.17) is 74.0 Å². The van der Waals surface area contributed by atoms with Gasteiger partial charge in [0.15, 0.2) is 12.6 Å². The molecule has 15 nitrogen and oxygen atoms in total. The molecular weight excluding hydrogens is 744 g/mol. The standard InChI is InChI=1S/C7H14O3.C6H14O3.C6H12O3.C6H12O2.2C6H10O.C5H10O2/c1-3-4-9-5-6-10-7(2)8;1-2-6(3-7,4-8)5-9;1-2-3-9-5-6(8)4-7;1-3-5-8-6(7)4-2;2*1-3-5-7-6-4-2;1-2-4-7-5-3-6/h3,7-8H,1,4-6H2,2H3;7-9H,2-5H2,1H3;2,6-8H,1,3-5H2;3,6-7H,1,4-5H2,2H3;2*3-4H,1-2,5-6H2;2,6H,1,3-5H2. The Balaban J connectivity index is -0.000000103. The molecule has 0 saturated carbocycles. The first-order chi connectivity index (χ1) is 27.4. The lowest BCUT2D eigenvalue weighted by molar-refractivity contribution is -0.0980. The lowest BCUT2D eigenvalue weighted by atomic mass is 9.88. The van der Waals surface area contributed by atoms with Crippen LogP contribution in [0.3, 0.4) is 0 Å². The van der Waals surface area contributed by atoms with Gasteiger partial charge in [-0.05, 0) is 19.8 Å². The van der Waals surface area contributed by atoms with Gasteiger partial charge in [0, 0.05) is 5.41 Å². The van der Waals surface area contributed by atoms with Crippen molar-refractivity contribution in [2.24, 2.45) is 5.41 Å². The maximum Gasteiger partial charge on any atom is 0.154 e.